The molecule has 0 heterocycles. The van der Waals surface area contributed by atoms with Gasteiger partial charge in [0.15, 0.2) is 0 Å². The van der Waals surface area contributed by atoms with E-state index in [0.29, 0.717) is 6.20 Å². The molecule has 0 fully saturated rings. The summed E-state index contributed by atoms with van der Waals surface area (Å²) >= 11 is 0. The third kappa shape index (κ3) is 11.6. The second kappa shape index (κ2) is 6.93. The van der Waals surface area contributed by atoms with Gasteiger partial charge in [0, 0.05) is 8.07 Å². The molecular formula is C7H14LiNO4Si. The molecule has 0 spiro atoms. The molecule has 0 atom stereocenters. The van der Waals surface area contributed by atoms with Crippen LogP contribution >= 0.6 is 0 Å². The Morgan fingerprint density at radius 2 is 2.00 bits per heavy atom. The van der Waals surface area contributed by atoms with Crippen LogP contribution < -0.4 is 24.0 Å². The summed E-state index contributed by atoms with van der Waals surface area (Å²) in [5.74, 6) is -0.872. The van der Waals surface area contributed by atoms with Gasteiger partial charge in [-0.15, -0.1) is 0 Å². The standard InChI is InChI=1S/C7H15NO4Si.Li/c1-13(2,3)5-4-12-7(9)6-8(10)11;/h6,9H,4-5H2,1-3H3;/q;+1/p-1. The molecule has 7 heteroatoms. The maximum absolute atomic E-state index is 10.6. The van der Waals surface area contributed by atoms with Gasteiger partial charge in [0.25, 0.3) is 6.20 Å². The van der Waals surface area contributed by atoms with Crippen LogP contribution in [0.3, 0.4) is 0 Å². The van der Waals surface area contributed by atoms with Gasteiger partial charge in [-0.2, -0.15) is 0 Å². The monoisotopic (exact) mass is 211 g/mol. The Hall–Kier alpha value is -0.446. The fourth-order valence-electron chi connectivity index (χ4n) is 0.581. The summed E-state index contributed by atoms with van der Waals surface area (Å²) < 4.78 is 4.63. The molecule has 0 saturated heterocycles. The molecule has 0 aromatic rings. The van der Waals surface area contributed by atoms with Crippen molar-refractivity contribution in [3.05, 3.63) is 22.3 Å². The minimum absolute atomic E-state index is 0. The van der Waals surface area contributed by atoms with Crippen LogP contribution in [0.5, 0.6) is 0 Å². The Labute approximate surface area is 96.5 Å². The summed E-state index contributed by atoms with van der Waals surface area (Å²) in [6.45, 7) is 6.69. The van der Waals surface area contributed by atoms with Gasteiger partial charge < -0.3 is 9.84 Å². The average molecular weight is 211 g/mol. The van der Waals surface area contributed by atoms with E-state index in [1.807, 2.05) is 0 Å². The molecule has 0 rings (SSSR count). The Morgan fingerprint density at radius 3 is 2.36 bits per heavy atom. The van der Waals surface area contributed by atoms with Crippen LogP contribution in [0.1, 0.15) is 0 Å². The second-order valence-electron chi connectivity index (χ2n) is 3.89. The van der Waals surface area contributed by atoms with Gasteiger partial charge in [0.1, 0.15) is 5.95 Å². The maximum atomic E-state index is 10.6. The number of hydrogen-bond acceptors (Lipinski definition) is 4. The van der Waals surface area contributed by atoms with Crippen LogP contribution in [-0.4, -0.2) is 19.6 Å². The van der Waals surface area contributed by atoms with Crippen molar-refractivity contribution in [2.75, 3.05) is 6.61 Å². The first-order chi connectivity index (χ1) is 5.81. The van der Waals surface area contributed by atoms with E-state index in [1.54, 1.807) is 0 Å². The first kappa shape index (κ1) is 16.0. The predicted octanol–water partition coefficient (Wildman–Crippen LogP) is -2.22. The fourth-order valence-corrected chi connectivity index (χ4v) is 1.30. The van der Waals surface area contributed by atoms with Crippen molar-refractivity contribution in [3.8, 4) is 0 Å². The van der Waals surface area contributed by atoms with Gasteiger partial charge in [0.05, 0.1) is 4.92 Å². The summed E-state index contributed by atoms with van der Waals surface area (Å²) in [6, 6.07) is 0.824. The molecule has 0 unspecified atom stereocenters. The Bertz CT molecular complexity index is 214. The minimum atomic E-state index is -1.22. The summed E-state index contributed by atoms with van der Waals surface area (Å²) in [7, 11) is -1.22. The van der Waals surface area contributed by atoms with Gasteiger partial charge in [0.2, 0.25) is 0 Å². The van der Waals surface area contributed by atoms with Crippen LogP contribution in [0.2, 0.25) is 25.7 Å². The summed E-state index contributed by atoms with van der Waals surface area (Å²) in [4.78, 5) is 9.02. The first-order valence-electron chi connectivity index (χ1n) is 3.96. The topological polar surface area (TPSA) is 75.4 Å². The van der Waals surface area contributed by atoms with Gasteiger partial charge in [-0.05, 0) is 12.7 Å². The average Bonchev–Trinajstić information content (AvgIpc) is 1.81. The van der Waals surface area contributed by atoms with Crippen molar-refractivity contribution in [1.29, 1.82) is 0 Å². The van der Waals surface area contributed by atoms with Crippen molar-refractivity contribution in [2.24, 2.45) is 0 Å². The molecule has 5 nitrogen and oxygen atoms in total. The minimum Gasteiger partial charge on any atom is -0.609 e. The SMILES string of the molecule is C[Si](C)(C)CCOC([O-])=C[N+](=O)[O-].[Li+]. The smallest absolute Gasteiger partial charge is 0.609 e. The van der Waals surface area contributed by atoms with Crippen molar-refractivity contribution in [1.82, 2.24) is 0 Å². The molecule has 0 amide bonds. The third-order valence-electron chi connectivity index (χ3n) is 1.31. The number of hydrogen-bond donors (Lipinski definition) is 0. The Balaban J connectivity index is 0. The van der Waals surface area contributed by atoms with E-state index in [0.717, 1.165) is 6.04 Å². The van der Waals surface area contributed by atoms with Crippen LogP contribution in [-0.2, 0) is 4.74 Å². The molecule has 0 bridgehead atoms. The molecule has 76 valence electrons. The van der Waals surface area contributed by atoms with Crippen molar-refractivity contribution < 1.29 is 33.6 Å². The van der Waals surface area contributed by atoms with Gasteiger partial charge in [-0.25, -0.2) is 0 Å². The summed E-state index contributed by atoms with van der Waals surface area (Å²) in [6.07, 6.45) is 0.338. The van der Waals surface area contributed by atoms with E-state index >= 15 is 0 Å². The molecule has 14 heavy (non-hydrogen) atoms. The molecule has 0 N–H and O–H groups in total. The normalized spacial score (nSPS) is 11.8. The molecule has 0 aliphatic rings. The van der Waals surface area contributed by atoms with Crippen LogP contribution in [0.25, 0.3) is 0 Å². The fraction of sp³-hybridized carbons (Fsp3) is 0.714. The molecule has 0 aromatic carbocycles. The zero-order valence-electron chi connectivity index (χ0n) is 9.07. The molecule has 0 saturated carbocycles. The number of nitro groups is 1. The number of rotatable bonds is 5. The van der Waals surface area contributed by atoms with Crippen molar-refractivity contribution in [2.45, 2.75) is 25.7 Å². The van der Waals surface area contributed by atoms with E-state index in [4.69, 9.17) is 0 Å². The van der Waals surface area contributed by atoms with E-state index in [1.165, 1.54) is 0 Å². The Morgan fingerprint density at radius 1 is 1.50 bits per heavy atom. The van der Waals surface area contributed by atoms with E-state index in [9.17, 15) is 15.2 Å². The Kier molecular flexibility index (Phi) is 7.92. The maximum Gasteiger partial charge on any atom is 1.00 e. The van der Waals surface area contributed by atoms with Crippen molar-refractivity contribution >= 4 is 8.07 Å². The molecule has 0 aliphatic heterocycles. The number of nitrogens with zero attached hydrogens (tertiary/aromatic N) is 1. The summed E-state index contributed by atoms with van der Waals surface area (Å²) in [5.41, 5.74) is 0. The van der Waals surface area contributed by atoms with Crippen LogP contribution in [0.15, 0.2) is 12.1 Å². The molecule has 0 aromatic heterocycles. The third-order valence-corrected chi connectivity index (χ3v) is 3.01. The van der Waals surface area contributed by atoms with Crippen molar-refractivity contribution in [3.63, 3.8) is 0 Å². The van der Waals surface area contributed by atoms with E-state index < -0.39 is 18.9 Å². The van der Waals surface area contributed by atoms with Gasteiger partial charge in [-0.1, -0.05) is 19.6 Å². The van der Waals surface area contributed by atoms with Crippen LogP contribution in [0, 0.1) is 10.1 Å². The van der Waals surface area contributed by atoms with Crippen LogP contribution in [0.4, 0.5) is 0 Å². The largest absolute Gasteiger partial charge is 1.00 e. The van der Waals surface area contributed by atoms with E-state index in [-0.39, 0.29) is 25.5 Å². The molecular weight excluding hydrogens is 197 g/mol. The van der Waals surface area contributed by atoms with Gasteiger partial charge in [-0.3, -0.25) is 10.1 Å². The second-order valence-corrected chi connectivity index (χ2v) is 9.51. The van der Waals surface area contributed by atoms with E-state index in [2.05, 4.69) is 24.4 Å². The quantitative estimate of drug-likeness (QED) is 0.223. The predicted molar refractivity (Wildman–Crippen MR) is 49.2 cm³/mol. The zero-order chi connectivity index (χ0) is 10.5. The molecule has 0 radical (unpaired) electrons. The first-order valence-corrected chi connectivity index (χ1v) is 7.67. The zero-order valence-corrected chi connectivity index (χ0v) is 10.1. The summed E-state index contributed by atoms with van der Waals surface area (Å²) in [5, 5.41) is 20.5. The number of ether oxygens (including phenoxy) is 1. The molecule has 0 aliphatic carbocycles. The van der Waals surface area contributed by atoms with Gasteiger partial charge >= 0.3 is 18.9 Å².